The highest BCUT2D eigenvalue weighted by Gasteiger charge is 2.19. The van der Waals surface area contributed by atoms with Crippen molar-refractivity contribution in [2.75, 3.05) is 13.2 Å². The summed E-state index contributed by atoms with van der Waals surface area (Å²) in [5, 5.41) is 0. The second-order valence-corrected chi connectivity index (χ2v) is 18.8. The molecule has 63 heavy (non-hydrogen) atoms. The minimum Gasteiger partial charge on any atom is -0.462 e. The molecule has 0 aliphatic heterocycles. The standard InChI is InChI=1S/C57H106O6/c1-4-7-10-13-16-19-22-24-26-28-30-32-35-38-41-44-47-50-56(59)62-53-54(52-61-55(58)49-46-43-40-37-34-21-18-15-12-9-6-3)63-57(60)51-48-45-42-39-36-33-31-29-27-25-23-20-17-14-11-8-5-2/h24-27,54H,4-23,28-53H2,1-3H3/b26-24-,27-25-/t54-/m0/s1. The van der Waals surface area contributed by atoms with E-state index in [4.69, 9.17) is 14.2 Å². The summed E-state index contributed by atoms with van der Waals surface area (Å²) >= 11 is 0. The number of hydrogen-bond donors (Lipinski definition) is 0. The molecule has 6 nitrogen and oxygen atoms in total. The Hall–Kier alpha value is -2.11. The van der Waals surface area contributed by atoms with Crippen LogP contribution in [0.3, 0.4) is 0 Å². The Labute approximate surface area is 392 Å². The van der Waals surface area contributed by atoms with Crippen molar-refractivity contribution in [2.45, 2.75) is 309 Å². The van der Waals surface area contributed by atoms with Gasteiger partial charge in [0.15, 0.2) is 6.10 Å². The van der Waals surface area contributed by atoms with E-state index in [2.05, 4.69) is 45.1 Å². The smallest absolute Gasteiger partial charge is 0.306 e. The molecule has 0 aromatic rings. The van der Waals surface area contributed by atoms with E-state index < -0.39 is 6.10 Å². The van der Waals surface area contributed by atoms with Gasteiger partial charge in [-0.15, -0.1) is 0 Å². The van der Waals surface area contributed by atoms with Crippen LogP contribution < -0.4 is 0 Å². The molecule has 0 rings (SSSR count). The number of hydrogen-bond acceptors (Lipinski definition) is 6. The van der Waals surface area contributed by atoms with E-state index in [0.29, 0.717) is 19.3 Å². The molecule has 0 N–H and O–H groups in total. The minimum atomic E-state index is -0.770. The summed E-state index contributed by atoms with van der Waals surface area (Å²) in [5.74, 6) is -0.864. The lowest BCUT2D eigenvalue weighted by atomic mass is 10.1. The zero-order chi connectivity index (χ0) is 45.8. The maximum absolute atomic E-state index is 12.8. The van der Waals surface area contributed by atoms with Crippen LogP contribution in [-0.4, -0.2) is 37.2 Å². The molecular weight excluding hydrogens is 781 g/mol. The molecule has 0 aromatic heterocycles. The number of rotatable bonds is 51. The Balaban J connectivity index is 4.32. The molecular formula is C57H106O6. The van der Waals surface area contributed by atoms with E-state index in [9.17, 15) is 14.4 Å². The first-order chi connectivity index (χ1) is 31.0. The maximum Gasteiger partial charge on any atom is 0.306 e. The first-order valence-electron chi connectivity index (χ1n) is 27.8. The predicted octanol–water partition coefficient (Wildman–Crippen LogP) is 18.3. The van der Waals surface area contributed by atoms with Gasteiger partial charge in [-0.3, -0.25) is 14.4 Å². The fraction of sp³-hybridized carbons (Fsp3) is 0.877. The molecule has 0 spiro atoms. The number of allylic oxidation sites excluding steroid dienone is 4. The molecule has 1 atom stereocenters. The zero-order valence-electron chi connectivity index (χ0n) is 42.4. The van der Waals surface area contributed by atoms with Gasteiger partial charge in [-0.2, -0.15) is 0 Å². The van der Waals surface area contributed by atoms with Gasteiger partial charge in [0.05, 0.1) is 0 Å². The summed E-state index contributed by atoms with van der Waals surface area (Å²) in [4.78, 5) is 38.0. The highest BCUT2D eigenvalue weighted by molar-refractivity contribution is 5.71. The van der Waals surface area contributed by atoms with Gasteiger partial charge in [-0.05, 0) is 70.6 Å². The van der Waals surface area contributed by atoms with Gasteiger partial charge in [0.25, 0.3) is 0 Å². The third kappa shape index (κ3) is 50.7. The normalized spacial score (nSPS) is 12.1. The van der Waals surface area contributed by atoms with E-state index in [1.165, 1.54) is 205 Å². The summed E-state index contributed by atoms with van der Waals surface area (Å²) in [7, 11) is 0. The second-order valence-electron chi connectivity index (χ2n) is 18.8. The van der Waals surface area contributed by atoms with Crippen LogP contribution in [0.4, 0.5) is 0 Å². The van der Waals surface area contributed by atoms with Crippen molar-refractivity contribution in [3.05, 3.63) is 24.3 Å². The van der Waals surface area contributed by atoms with Crippen LogP contribution in [0.25, 0.3) is 0 Å². The molecule has 0 radical (unpaired) electrons. The van der Waals surface area contributed by atoms with Gasteiger partial charge in [0.2, 0.25) is 0 Å². The Bertz CT molecular complexity index is 1020. The fourth-order valence-corrected chi connectivity index (χ4v) is 8.20. The average molecular weight is 887 g/mol. The molecule has 0 heterocycles. The summed E-state index contributed by atoms with van der Waals surface area (Å²) in [6.07, 6.45) is 60.2. The molecule has 0 fully saturated rings. The molecule has 0 amide bonds. The summed E-state index contributed by atoms with van der Waals surface area (Å²) in [5.41, 5.74) is 0. The van der Waals surface area contributed by atoms with Crippen LogP contribution >= 0.6 is 0 Å². The summed E-state index contributed by atoms with van der Waals surface area (Å²) < 4.78 is 16.8. The second kappa shape index (κ2) is 52.5. The molecule has 0 aromatic carbocycles. The van der Waals surface area contributed by atoms with E-state index in [0.717, 1.165) is 57.8 Å². The Morgan fingerprint density at radius 2 is 0.524 bits per heavy atom. The molecule has 0 bridgehead atoms. The van der Waals surface area contributed by atoms with Gasteiger partial charge in [0.1, 0.15) is 13.2 Å². The first kappa shape index (κ1) is 60.9. The van der Waals surface area contributed by atoms with Crippen molar-refractivity contribution in [3.63, 3.8) is 0 Å². The van der Waals surface area contributed by atoms with E-state index in [1.807, 2.05) is 0 Å². The zero-order valence-corrected chi connectivity index (χ0v) is 42.4. The lowest BCUT2D eigenvalue weighted by Gasteiger charge is -2.18. The Kier molecular flexibility index (Phi) is 50.8. The van der Waals surface area contributed by atoms with Crippen molar-refractivity contribution in [1.29, 1.82) is 0 Å². The van der Waals surface area contributed by atoms with E-state index in [1.54, 1.807) is 0 Å². The molecule has 6 heteroatoms. The SMILES string of the molecule is CCCCCCCC/C=C\CCCCCCCCCC(=O)OC[C@H](COC(=O)CCCCCCCCCCCCC)OC(=O)CCCCCCCCC/C=C\CCCCCCCC. The van der Waals surface area contributed by atoms with Crippen LogP contribution in [-0.2, 0) is 28.6 Å². The van der Waals surface area contributed by atoms with E-state index >= 15 is 0 Å². The number of ether oxygens (including phenoxy) is 3. The molecule has 0 aliphatic carbocycles. The van der Waals surface area contributed by atoms with Crippen molar-refractivity contribution >= 4 is 17.9 Å². The summed E-state index contributed by atoms with van der Waals surface area (Å²) in [6.45, 7) is 6.65. The maximum atomic E-state index is 12.8. The van der Waals surface area contributed by atoms with Crippen LogP contribution in [0.1, 0.15) is 303 Å². The van der Waals surface area contributed by atoms with Crippen molar-refractivity contribution in [3.8, 4) is 0 Å². The van der Waals surface area contributed by atoms with Gasteiger partial charge in [0, 0.05) is 19.3 Å². The molecule has 0 saturated heterocycles. The van der Waals surface area contributed by atoms with Crippen LogP contribution in [0.2, 0.25) is 0 Å². The third-order valence-corrected chi connectivity index (χ3v) is 12.4. The highest BCUT2D eigenvalue weighted by Crippen LogP contribution is 2.16. The Morgan fingerprint density at radius 3 is 0.794 bits per heavy atom. The van der Waals surface area contributed by atoms with Crippen molar-refractivity contribution in [2.24, 2.45) is 0 Å². The minimum absolute atomic E-state index is 0.0704. The van der Waals surface area contributed by atoms with Gasteiger partial charge < -0.3 is 14.2 Å². The van der Waals surface area contributed by atoms with Crippen LogP contribution in [0.15, 0.2) is 24.3 Å². The Morgan fingerprint density at radius 1 is 0.302 bits per heavy atom. The van der Waals surface area contributed by atoms with Gasteiger partial charge >= 0.3 is 17.9 Å². The summed E-state index contributed by atoms with van der Waals surface area (Å²) in [6, 6.07) is 0. The quantitative estimate of drug-likeness (QED) is 0.0262. The number of unbranched alkanes of at least 4 members (excludes halogenated alkanes) is 36. The lowest BCUT2D eigenvalue weighted by molar-refractivity contribution is -0.167. The van der Waals surface area contributed by atoms with Crippen LogP contribution in [0.5, 0.6) is 0 Å². The number of esters is 3. The lowest BCUT2D eigenvalue weighted by Crippen LogP contribution is -2.30. The molecule has 0 saturated carbocycles. The molecule has 370 valence electrons. The number of carbonyl (C=O) groups excluding carboxylic acids is 3. The molecule has 0 unspecified atom stereocenters. The third-order valence-electron chi connectivity index (χ3n) is 12.4. The first-order valence-corrected chi connectivity index (χ1v) is 27.8. The topological polar surface area (TPSA) is 78.9 Å². The molecule has 0 aliphatic rings. The van der Waals surface area contributed by atoms with Crippen molar-refractivity contribution in [1.82, 2.24) is 0 Å². The van der Waals surface area contributed by atoms with Gasteiger partial charge in [-0.1, -0.05) is 238 Å². The largest absolute Gasteiger partial charge is 0.462 e. The number of carbonyl (C=O) groups is 3. The van der Waals surface area contributed by atoms with Crippen LogP contribution in [0, 0.1) is 0 Å². The highest BCUT2D eigenvalue weighted by atomic mass is 16.6. The van der Waals surface area contributed by atoms with Gasteiger partial charge in [-0.25, -0.2) is 0 Å². The van der Waals surface area contributed by atoms with E-state index in [-0.39, 0.29) is 31.1 Å². The predicted molar refractivity (Wildman–Crippen MR) is 270 cm³/mol. The fourth-order valence-electron chi connectivity index (χ4n) is 8.20. The average Bonchev–Trinajstić information content (AvgIpc) is 3.28. The van der Waals surface area contributed by atoms with Crippen molar-refractivity contribution < 1.29 is 28.6 Å². The monoisotopic (exact) mass is 887 g/mol.